The molecule has 0 atom stereocenters. The van der Waals surface area contributed by atoms with E-state index in [0.29, 0.717) is 11.5 Å². The van der Waals surface area contributed by atoms with Gasteiger partial charge in [0.1, 0.15) is 0 Å². The second-order valence-corrected chi connectivity index (χ2v) is 7.32. The molecule has 4 nitrogen and oxygen atoms in total. The third-order valence-electron chi connectivity index (χ3n) is 5.64. The van der Waals surface area contributed by atoms with Gasteiger partial charge < -0.3 is 15.5 Å². The lowest BCUT2D eigenvalue weighted by molar-refractivity contribution is 0.206. The summed E-state index contributed by atoms with van der Waals surface area (Å²) in [5, 5.41) is 7.24. The molecular formula is C17H33IN4. The molecule has 3 aliphatic rings. The summed E-state index contributed by atoms with van der Waals surface area (Å²) in [5.41, 5.74) is 0.641. The average molecular weight is 420 g/mol. The van der Waals surface area contributed by atoms with Crippen molar-refractivity contribution >= 4 is 29.9 Å². The van der Waals surface area contributed by atoms with E-state index in [1.54, 1.807) is 0 Å². The van der Waals surface area contributed by atoms with Crippen molar-refractivity contribution in [2.24, 2.45) is 16.3 Å². The van der Waals surface area contributed by atoms with Crippen LogP contribution < -0.4 is 10.6 Å². The summed E-state index contributed by atoms with van der Waals surface area (Å²) in [6.45, 7) is 7.11. The number of hydrogen-bond donors (Lipinski definition) is 2. The van der Waals surface area contributed by atoms with Crippen LogP contribution in [0.15, 0.2) is 4.99 Å². The predicted molar refractivity (Wildman–Crippen MR) is 104 cm³/mol. The second-order valence-electron chi connectivity index (χ2n) is 7.32. The van der Waals surface area contributed by atoms with Crippen LogP contribution in [0.25, 0.3) is 0 Å². The number of hydrogen-bond acceptors (Lipinski definition) is 2. The molecule has 1 heterocycles. The molecule has 22 heavy (non-hydrogen) atoms. The van der Waals surface area contributed by atoms with Crippen LogP contribution in [0, 0.1) is 11.3 Å². The van der Waals surface area contributed by atoms with Gasteiger partial charge in [-0.2, -0.15) is 0 Å². The van der Waals surface area contributed by atoms with Gasteiger partial charge in [-0.15, -0.1) is 24.0 Å². The van der Waals surface area contributed by atoms with Crippen molar-refractivity contribution < 1.29 is 0 Å². The lowest BCUT2D eigenvalue weighted by atomic mass is 10.0. The Bertz CT molecular complexity index is 369. The van der Waals surface area contributed by atoms with Crippen molar-refractivity contribution in [1.82, 2.24) is 15.5 Å². The molecule has 0 amide bonds. The number of rotatable bonds is 6. The minimum absolute atomic E-state index is 0. The molecule has 1 saturated heterocycles. The average Bonchev–Trinajstić information content (AvgIpc) is 3.38. The monoisotopic (exact) mass is 420 g/mol. The maximum Gasteiger partial charge on any atom is 0.191 e. The number of nitrogens with zero attached hydrogens (tertiary/aromatic N) is 2. The number of guanidine groups is 1. The summed E-state index contributed by atoms with van der Waals surface area (Å²) >= 11 is 0. The van der Waals surface area contributed by atoms with Gasteiger partial charge in [-0.1, -0.05) is 6.92 Å². The molecule has 3 rings (SSSR count). The van der Waals surface area contributed by atoms with E-state index in [2.05, 4.69) is 27.4 Å². The minimum Gasteiger partial charge on any atom is -0.356 e. The Balaban J connectivity index is 0.00000176. The van der Waals surface area contributed by atoms with Crippen molar-refractivity contribution in [3.05, 3.63) is 0 Å². The van der Waals surface area contributed by atoms with Gasteiger partial charge in [0, 0.05) is 32.7 Å². The normalized spacial score (nSPS) is 25.5. The molecule has 0 aromatic heterocycles. The van der Waals surface area contributed by atoms with E-state index in [4.69, 9.17) is 0 Å². The van der Waals surface area contributed by atoms with Crippen LogP contribution in [0.1, 0.15) is 51.9 Å². The highest BCUT2D eigenvalue weighted by molar-refractivity contribution is 14.0. The summed E-state index contributed by atoms with van der Waals surface area (Å²) in [6, 6.07) is 0.598. The van der Waals surface area contributed by atoms with E-state index >= 15 is 0 Å². The van der Waals surface area contributed by atoms with Gasteiger partial charge in [0.2, 0.25) is 0 Å². The highest BCUT2D eigenvalue weighted by Gasteiger charge is 2.53. The number of nitrogens with one attached hydrogen (secondary N) is 2. The van der Waals surface area contributed by atoms with Crippen LogP contribution in [0.2, 0.25) is 0 Å². The van der Waals surface area contributed by atoms with E-state index < -0.39 is 0 Å². The number of likely N-dealkylation sites (tertiary alicyclic amines) is 1. The lowest BCUT2D eigenvalue weighted by Crippen LogP contribution is -2.49. The van der Waals surface area contributed by atoms with E-state index in [-0.39, 0.29) is 24.0 Å². The molecule has 128 valence electrons. The Morgan fingerprint density at radius 2 is 1.86 bits per heavy atom. The highest BCUT2D eigenvalue weighted by Crippen LogP contribution is 2.60. The zero-order chi connectivity index (χ0) is 14.7. The van der Waals surface area contributed by atoms with Gasteiger partial charge in [-0.05, 0) is 62.8 Å². The summed E-state index contributed by atoms with van der Waals surface area (Å²) in [7, 11) is 1.90. The fourth-order valence-electron chi connectivity index (χ4n) is 3.85. The first-order chi connectivity index (χ1) is 10.3. The predicted octanol–water partition coefficient (Wildman–Crippen LogP) is 2.83. The summed E-state index contributed by atoms with van der Waals surface area (Å²) in [4.78, 5) is 7.01. The van der Waals surface area contributed by atoms with Crippen LogP contribution in [-0.4, -0.2) is 50.1 Å². The summed E-state index contributed by atoms with van der Waals surface area (Å²) in [5.74, 6) is 2.04. The molecule has 2 saturated carbocycles. The van der Waals surface area contributed by atoms with Gasteiger partial charge in [0.05, 0.1) is 0 Å². The molecule has 0 bridgehead atoms. The maximum absolute atomic E-state index is 4.43. The Morgan fingerprint density at radius 1 is 1.18 bits per heavy atom. The standard InChI is InChI=1S/C17H32N4.HI/c1-3-10-21-11-6-15(7-12-21)20-16(18-2)19-13-17(8-9-17)14-4-5-14;/h14-15H,3-13H2,1-2H3,(H2,18,19,20);1H. The summed E-state index contributed by atoms with van der Waals surface area (Å²) < 4.78 is 0. The molecule has 3 fully saturated rings. The minimum atomic E-state index is 0. The Labute approximate surface area is 152 Å². The van der Waals surface area contributed by atoms with Crippen molar-refractivity contribution in [2.75, 3.05) is 33.2 Å². The molecule has 0 spiro atoms. The van der Waals surface area contributed by atoms with Crippen LogP contribution in [0.5, 0.6) is 0 Å². The number of aliphatic imine (C=N–C) groups is 1. The fourth-order valence-corrected chi connectivity index (χ4v) is 3.85. The highest BCUT2D eigenvalue weighted by atomic mass is 127. The van der Waals surface area contributed by atoms with Crippen LogP contribution >= 0.6 is 24.0 Å². The Kier molecular flexibility index (Phi) is 6.80. The fraction of sp³-hybridized carbons (Fsp3) is 0.941. The van der Waals surface area contributed by atoms with Crippen molar-refractivity contribution in [1.29, 1.82) is 0 Å². The molecule has 0 radical (unpaired) electrons. The first-order valence-corrected chi connectivity index (χ1v) is 8.95. The van der Waals surface area contributed by atoms with Gasteiger partial charge in [-0.25, -0.2) is 0 Å². The molecule has 2 N–H and O–H groups in total. The molecule has 5 heteroatoms. The second kappa shape index (κ2) is 8.18. The molecule has 0 aromatic rings. The van der Waals surface area contributed by atoms with E-state index in [1.807, 2.05) is 7.05 Å². The van der Waals surface area contributed by atoms with E-state index in [0.717, 1.165) is 18.4 Å². The van der Waals surface area contributed by atoms with Gasteiger partial charge in [-0.3, -0.25) is 4.99 Å². The molecule has 0 unspecified atom stereocenters. The van der Waals surface area contributed by atoms with E-state index in [1.165, 1.54) is 64.6 Å². The number of halogens is 1. The summed E-state index contributed by atoms with van der Waals surface area (Å²) in [6.07, 6.45) is 9.54. The van der Waals surface area contributed by atoms with Crippen LogP contribution in [0.3, 0.4) is 0 Å². The third-order valence-corrected chi connectivity index (χ3v) is 5.64. The van der Waals surface area contributed by atoms with Crippen molar-refractivity contribution in [3.8, 4) is 0 Å². The zero-order valence-corrected chi connectivity index (χ0v) is 16.6. The van der Waals surface area contributed by atoms with E-state index in [9.17, 15) is 0 Å². The van der Waals surface area contributed by atoms with Gasteiger partial charge in [0.25, 0.3) is 0 Å². The molecular weight excluding hydrogens is 387 g/mol. The van der Waals surface area contributed by atoms with Gasteiger partial charge >= 0.3 is 0 Å². The first kappa shape index (κ1) is 18.3. The Morgan fingerprint density at radius 3 is 2.36 bits per heavy atom. The largest absolute Gasteiger partial charge is 0.356 e. The maximum atomic E-state index is 4.43. The quantitative estimate of drug-likeness (QED) is 0.395. The smallest absolute Gasteiger partial charge is 0.191 e. The Hall–Kier alpha value is -0.0400. The topological polar surface area (TPSA) is 39.7 Å². The van der Waals surface area contributed by atoms with Crippen LogP contribution in [0.4, 0.5) is 0 Å². The first-order valence-electron chi connectivity index (χ1n) is 8.95. The molecule has 0 aromatic carbocycles. The van der Waals surface area contributed by atoms with Gasteiger partial charge in [0.15, 0.2) is 5.96 Å². The van der Waals surface area contributed by atoms with Crippen LogP contribution in [-0.2, 0) is 0 Å². The lowest BCUT2D eigenvalue weighted by Gasteiger charge is -2.33. The molecule has 1 aliphatic heterocycles. The third kappa shape index (κ3) is 4.73. The SMILES string of the molecule is CCCN1CCC(NC(=NC)NCC2(C3CC3)CC2)CC1.I. The zero-order valence-electron chi connectivity index (χ0n) is 14.2. The van der Waals surface area contributed by atoms with Crippen molar-refractivity contribution in [3.63, 3.8) is 0 Å². The number of piperidine rings is 1. The molecule has 2 aliphatic carbocycles. The van der Waals surface area contributed by atoms with Crippen molar-refractivity contribution in [2.45, 2.75) is 57.9 Å².